The molecule has 0 saturated heterocycles. The summed E-state index contributed by atoms with van der Waals surface area (Å²) in [5.74, 6) is -0.131. The van der Waals surface area contributed by atoms with Gasteiger partial charge in [-0.1, -0.05) is 39.8 Å². The second-order valence-corrected chi connectivity index (χ2v) is 9.33. The van der Waals surface area contributed by atoms with Gasteiger partial charge in [0.2, 0.25) is 0 Å². The van der Waals surface area contributed by atoms with E-state index in [1.54, 1.807) is 0 Å². The van der Waals surface area contributed by atoms with Crippen LogP contribution in [0.1, 0.15) is 15.9 Å². The zero-order valence-corrected chi connectivity index (χ0v) is 18.2. The molecule has 4 aromatic rings. The van der Waals surface area contributed by atoms with Crippen molar-refractivity contribution in [2.45, 2.75) is 4.34 Å². The predicted octanol–water partition coefficient (Wildman–Crippen LogP) is 6.92. The molecule has 0 amide bonds. The molecule has 0 bridgehead atoms. The van der Waals surface area contributed by atoms with Crippen LogP contribution in [0.25, 0.3) is 10.2 Å². The fourth-order valence-corrected chi connectivity index (χ4v) is 4.84. The van der Waals surface area contributed by atoms with E-state index in [-0.39, 0.29) is 17.4 Å². The highest BCUT2D eigenvalue weighted by Crippen LogP contribution is 2.32. The maximum absolute atomic E-state index is 13.0. The number of halogens is 2. The zero-order chi connectivity index (χ0) is 20.2. The van der Waals surface area contributed by atoms with E-state index < -0.39 is 0 Å². The van der Waals surface area contributed by atoms with Crippen molar-refractivity contribution in [2.24, 2.45) is 4.99 Å². The Morgan fingerprint density at radius 2 is 1.86 bits per heavy atom. The third kappa shape index (κ3) is 5.18. The molecule has 0 saturated carbocycles. The number of thioether (sulfide) groups is 1. The van der Waals surface area contributed by atoms with Gasteiger partial charge in [0.05, 0.1) is 21.7 Å². The Balaban J connectivity index is 1.44. The molecule has 0 aliphatic carbocycles. The number of nitrogens with zero attached hydrogens (tertiary/aromatic N) is 2. The van der Waals surface area contributed by atoms with E-state index in [2.05, 4.69) is 25.9 Å². The van der Waals surface area contributed by atoms with Crippen molar-refractivity contribution >= 4 is 66.9 Å². The molecule has 0 radical (unpaired) electrons. The summed E-state index contributed by atoms with van der Waals surface area (Å²) in [7, 11) is 0. The highest BCUT2D eigenvalue weighted by atomic mass is 79.9. The number of ketones is 1. The van der Waals surface area contributed by atoms with E-state index in [0.717, 1.165) is 30.3 Å². The van der Waals surface area contributed by atoms with Crippen LogP contribution in [-0.4, -0.2) is 22.7 Å². The van der Waals surface area contributed by atoms with Gasteiger partial charge in [0.25, 0.3) is 0 Å². The molecule has 3 nitrogen and oxygen atoms in total. The van der Waals surface area contributed by atoms with Crippen LogP contribution in [0.4, 0.5) is 10.1 Å². The van der Waals surface area contributed by atoms with E-state index in [0.29, 0.717) is 5.56 Å². The lowest BCUT2D eigenvalue weighted by Crippen LogP contribution is -2.01. The number of hydrogen-bond donors (Lipinski definition) is 0. The molecule has 7 heteroatoms. The second kappa shape index (κ2) is 8.98. The van der Waals surface area contributed by atoms with Crippen LogP contribution in [0.3, 0.4) is 0 Å². The fraction of sp³-hybridized carbons (Fsp3) is 0.0455. The first-order valence-electron chi connectivity index (χ1n) is 8.69. The van der Waals surface area contributed by atoms with Crippen LogP contribution in [0, 0.1) is 5.82 Å². The predicted molar refractivity (Wildman–Crippen MR) is 122 cm³/mol. The van der Waals surface area contributed by atoms with E-state index in [9.17, 15) is 9.18 Å². The summed E-state index contributed by atoms with van der Waals surface area (Å²) in [5, 5.41) is 0. The van der Waals surface area contributed by atoms with Crippen molar-refractivity contribution in [1.29, 1.82) is 0 Å². The summed E-state index contributed by atoms with van der Waals surface area (Å²) in [4.78, 5) is 21.4. The van der Waals surface area contributed by atoms with Crippen molar-refractivity contribution in [2.75, 3.05) is 5.75 Å². The molecule has 3 aromatic carbocycles. The van der Waals surface area contributed by atoms with E-state index in [1.165, 1.54) is 47.4 Å². The van der Waals surface area contributed by atoms with Gasteiger partial charge in [-0.2, -0.15) is 0 Å². The first-order valence-corrected chi connectivity index (χ1v) is 11.3. The van der Waals surface area contributed by atoms with Crippen LogP contribution < -0.4 is 0 Å². The first-order chi connectivity index (χ1) is 14.1. The van der Waals surface area contributed by atoms with Gasteiger partial charge in [0, 0.05) is 16.3 Å². The Kier molecular flexibility index (Phi) is 6.18. The maximum Gasteiger partial charge on any atom is 0.173 e. The molecular formula is C22H14BrFN2OS2. The largest absolute Gasteiger partial charge is 0.293 e. The number of fused-ring (bicyclic) bond motifs is 1. The van der Waals surface area contributed by atoms with Crippen molar-refractivity contribution in [3.05, 3.63) is 88.1 Å². The Hall–Kier alpha value is -2.35. The van der Waals surface area contributed by atoms with Gasteiger partial charge in [-0.25, -0.2) is 9.37 Å². The zero-order valence-electron chi connectivity index (χ0n) is 15.0. The lowest BCUT2D eigenvalue weighted by atomic mass is 10.1. The summed E-state index contributed by atoms with van der Waals surface area (Å²) in [6.45, 7) is 0. The molecular weight excluding hydrogens is 471 g/mol. The quantitative estimate of drug-likeness (QED) is 0.169. The number of benzene rings is 3. The molecule has 0 aliphatic heterocycles. The maximum atomic E-state index is 13.0. The minimum atomic E-state index is -0.348. The molecule has 0 spiro atoms. The molecule has 144 valence electrons. The molecule has 0 N–H and O–H groups in total. The summed E-state index contributed by atoms with van der Waals surface area (Å²) >= 11 is 6.35. The molecule has 1 aromatic heterocycles. The lowest BCUT2D eigenvalue weighted by Gasteiger charge is -1.99. The average molecular weight is 485 g/mol. The van der Waals surface area contributed by atoms with Crippen molar-refractivity contribution in [3.8, 4) is 0 Å². The number of rotatable bonds is 6. The van der Waals surface area contributed by atoms with E-state index >= 15 is 0 Å². The third-order valence-electron chi connectivity index (χ3n) is 4.08. The monoisotopic (exact) mass is 484 g/mol. The molecule has 29 heavy (non-hydrogen) atoms. The Labute approximate surface area is 183 Å². The average Bonchev–Trinajstić information content (AvgIpc) is 3.14. The summed E-state index contributed by atoms with van der Waals surface area (Å²) in [6.07, 6.45) is 1.83. The summed E-state index contributed by atoms with van der Waals surface area (Å²) in [6, 6.07) is 19.4. The molecule has 0 fully saturated rings. The second-order valence-electron chi connectivity index (χ2n) is 6.16. The normalized spacial score (nSPS) is 11.4. The number of aromatic nitrogens is 1. The number of carbonyl (C=O) groups excluding carboxylic acids is 1. The van der Waals surface area contributed by atoms with Gasteiger partial charge < -0.3 is 0 Å². The minimum absolute atomic E-state index is 0.0472. The van der Waals surface area contributed by atoms with Crippen LogP contribution in [0.15, 0.2) is 80.5 Å². The number of hydrogen-bond acceptors (Lipinski definition) is 5. The summed E-state index contributed by atoms with van der Waals surface area (Å²) in [5.41, 5.74) is 3.26. The van der Waals surface area contributed by atoms with Gasteiger partial charge in [-0.05, 0) is 60.2 Å². The highest BCUT2D eigenvalue weighted by Gasteiger charge is 2.10. The van der Waals surface area contributed by atoms with Gasteiger partial charge in [-0.15, -0.1) is 11.3 Å². The molecule has 0 atom stereocenters. The SMILES string of the molecule is O=C(CSc1nc2ccc(N=Cc3ccc(Br)cc3)cc2s1)c1ccc(F)cc1. The van der Waals surface area contributed by atoms with Crippen LogP contribution >= 0.6 is 39.0 Å². The van der Waals surface area contributed by atoms with Crippen molar-refractivity contribution in [1.82, 2.24) is 4.98 Å². The van der Waals surface area contributed by atoms with Gasteiger partial charge in [0.1, 0.15) is 5.82 Å². The fourth-order valence-electron chi connectivity index (χ4n) is 2.58. The number of thiazole rings is 1. The Bertz CT molecular complexity index is 1190. The van der Waals surface area contributed by atoms with Gasteiger partial charge in [0.15, 0.2) is 10.1 Å². The molecule has 0 aliphatic rings. The van der Waals surface area contributed by atoms with Crippen molar-refractivity contribution in [3.63, 3.8) is 0 Å². The molecule has 0 unspecified atom stereocenters. The van der Waals surface area contributed by atoms with E-state index in [1.807, 2.05) is 48.7 Å². The summed E-state index contributed by atoms with van der Waals surface area (Å²) < 4.78 is 15.9. The smallest absolute Gasteiger partial charge is 0.173 e. The lowest BCUT2D eigenvalue weighted by molar-refractivity contribution is 0.102. The minimum Gasteiger partial charge on any atom is -0.293 e. The number of aliphatic imine (C=N–C) groups is 1. The number of Topliss-reactive ketones (excluding diaryl/α,β-unsaturated/α-hetero) is 1. The topological polar surface area (TPSA) is 42.3 Å². The Morgan fingerprint density at radius 3 is 2.62 bits per heavy atom. The number of carbonyl (C=O) groups is 1. The Morgan fingerprint density at radius 1 is 1.10 bits per heavy atom. The first kappa shape index (κ1) is 19.9. The van der Waals surface area contributed by atoms with Crippen LogP contribution in [-0.2, 0) is 0 Å². The molecule has 1 heterocycles. The van der Waals surface area contributed by atoms with Gasteiger partial charge in [-0.3, -0.25) is 9.79 Å². The van der Waals surface area contributed by atoms with E-state index in [4.69, 9.17) is 0 Å². The van der Waals surface area contributed by atoms with Crippen LogP contribution in [0.5, 0.6) is 0 Å². The van der Waals surface area contributed by atoms with Crippen molar-refractivity contribution < 1.29 is 9.18 Å². The third-order valence-corrected chi connectivity index (χ3v) is 6.77. The molecule has 4 rings (SSSR count). The van der Waals surface area contributed by atoms with Crippen LogP contribution in [0.2, 0.25) is 0 Å². The van der Waals surface area contributed by atoms with Gasteiger partial charge >= 0.3 is 0 Å². The highest BCUT2D eigenvalue weighted by molar-refractivity contribution is 9.10. The standard InChI is InChI=1S/C22H14BrFN2OS2/c23-16-5-1-14(2-6-16)12-25-18-9-10-19-21(11-18)29-22(26-19)28-13-20(27)15-3-7-17(24)8-4-15/h1-12H,13H2.